The van der Waals surface area contributed by atoms with Crippen molar-refractivity contribution in [1.82, 2.24) is 0 Å². The standard InChI is InChI=1S/2C13H12ClNO4S2.C13H12ClNO3S3/c2*14-11-6-8(3-4-9-2-1-5-19-9)10(13(16)20)7-12(11)15-21(17)18;14-11-6-8(3-4-9-2-1-5-18-9)10(13(19)20)7-12(11)15-21(16)17/h2*1-2,5-7,15H,3-4H2,(H,16,20)(H,17,18);1-2,5-7,15H,3-4H2,(H,16,17)(H,19,20)/p-3. The van der Waals surface area contributed by atoms with E-state index in [1.54, 1.807) is 55.2 Å². The van der Waals surface area contributed by atoms with E-state index in [2.05, 4.69) is 52.1 Å². The number of rotatable bonds is 18. The van der Waals surface area contributed by atoms with Gasteiger partial charge < -0.3 is 41.1 Å². The van der Waals surface area contributed by atoms with Crippen molar-refractivity contribution in [1.29, 1.82) is 0 Å². The van der Waals surface area contributed by atoms with Gasteiger partial charge in [0, 0.05) is 69.8 Å². The van der Waals surface area contributed by atoms with Gasteiger partial charge in [0.2, 0.25) is 10.2 Å². The van der Waals surface area contributed by atoms with E-state index in [-0.39, 0.29) is 27.1 Å². The first-order chi connectivity index (χ1) is 29.9. The Bertz CT molecular complexity index is 2300. The van der Waals surface area contributed by atoms with Crippen molar-refractivity contribution in [3.8, 4) is 0 Å². The lowest BCUT2D eigenvalue weighted by Gasteiger charge is -2.15. The SMILES string of the molecule is O=C(S)c1cc(NS(=O)[O-])c(Cl)cc1CCc1ccco1.O=C(S)c1cc(NS(=O)[O-])c(Cl)cc1CCc1ccco1.O=S([O-])Nc1cc(C(=S)S)c(CCc2ccco2)cc1Cl. The molecule has 0 saturated carbocycles. The molecule has 6 rings (SSSR count). The van der Waals surface area contributed by atoms with Crippen LogP contribution in [0.4, 0.5) is 17.1 Å². The molecule has 0 aliphatic rings. The number of thiol groups is 3. The second-order valence-electron chi connectivity index (χ2n) is 12.6. The Hall–Kier alpha value is -3.42. The van der Waals surface area contributed by atoms with Crippen LogP contribution in [0.25, 0.3) is 0 Å². The first-order valence-electron chi connectivity index (χ1n) is 17.7. The summed E-state index contributed by atoms with van der Waals surface area (Å²) >= 11 is 27.5. The van der Waals surface area contributed by atoms with Crippen LogP contribution in [0, 0.1) is 0 Å². The van der Waals surface area contributed by atoms with Gasteiger partial charge in [-0.3, -0.25) is 22.2 Å². The first kappa shape index (κ1) is 52.2. The summed E-state index contributed by atoms with van der Waals surface area (Å²) in [5.41, 5.74) is 4.10. The van der Waals surface area contributed by atoms with Gasteiger partial charge in [0.1, 0.15) is 17.3 Å². The zero-order valence-electron chi connectivity index (χ0n) is 32.0. The van der Waals surface area contributed by atoms with Crippen LogP contribution in [-0.4, -0.2) is 40.7 Å². The van der Waals surface area contributed by atoms with E-state index in [0.717, 1.165) is 22.8 Å². The summed E-state index contributed by atoms with van der Waals surface area (Å²) in [6.07, 6.45) is 8.34. The third kappa shape index (κ3) is 17.1. The molecule has 3 atom stereocenters. The fourth-order valence-corrected chi connectivity index (χ4v) is 8.43. The number of carbonyl (C=O) groups excluding carboxylic acids is 2. The number of aryl methyl sites for hydroxylation is 6. The lowest BCUT2D eigenvalue weighted by Crippen LogP contribution is -2.06. The third-order valence-corrected chi connectivity index (χ3v) is 11.6. The zero-order valence-corrected chi connectivity index (χ0v) is 40.2. The molecule has 336 valence electrons. The second kappa shape index (κ2) is 25.9. The Balaban J connectivity index is 0.000000207. The Morgan fingerprint density at radius 2 is 0.810 bits per heavy atom. The number of benzene rings is 3. The number of nitrogens with one attached hydrogen (secondary N) is 3. The smallest absolute Gasteiger partial charge is 0.216 e. The van der Waals surface area contributed by atoms with E-state index in [1.807, 2.05) is 24.3 Å². The molecule has 0 bridgehead atoms. The maximum atomic E-state index is 11.6. The van der Waals surface area contributed by atoms with Crippen molar-refractivity contribution in [2.75, 3.05) is 14.2 Å². The highest BCUT2D eigenvalue weighted by atomic mass is 35.5. The van der Waals surface area contributed by atoms with Crippen molar-refractivity contribution >= 4 is 150 Å². The molecule has 3 aromatic heterocycles. The van der Waals surface area contributed by atoms with Gasteiger partial charge in [0.25, 0.3) is 0 Å². The Morgan fingerprint density at radius 3 is 1.05 bits per heavy atom. The number of thiocarbonyl (C=S) groups is 1. The summed E-state index contributed by atoms with van der Waals surface area (Å²) in [5.74, 6) is 2.42. The number of hydrogen-bond acceptors (Lipinski definition) is 12. The van der Waals surface area contributed by atoms with Crippen LogP contribution in [0.3, 0.4) is 0 Å². The molecule has 0 spiro atoms. The maximum absolute atomic E-state index is 11.6. The van der Waals surface area contributed by atoms with E-state index < -0.39 is 44.0 Å². The quantitative estimate of drug-likeness (QED) is 0.0269. The average molecular weight is 1050 g/mol. The van der Waals surface area contributed by atoms with Gasteiger partial charge in [-0.05, 0) is 109 Å². The number of anilines is 3. The molecule has 0 radical (unpaired) electrons. The molecule has 0 saturated heterocycles. The number of hydrogen-bond donors (Lipinski definition) is 6. The molecule has 24 heteroatoms. The van der Waals surface area contributed by atoms with Gasteiger partial charge in [-0.1, -0.05) is 47.0 Å². The highest BCUT2D eigenvalue weighted by molar-refractivity contribution is 8.11. The molecule has 6 aromatic rings. The van der Waals surface area contributed by atoms with Gasteiger partial charge in [-0.25, -0.2) is 0 Å². The van der Waals surface area contributed by atoms with Crippen LogP contribution in [-0.2, 0) is 72.3 Å². The second-order valence-corrected chi connectivity index (χ2v) is 17.8. The van der Waals surface area contributed by atoms with E-state index in [0.29, 0.717) is 75.6 Å². The summed E-state index contributed by atoms with van der Waals surface area (Å²) < 4.78 is 86.8. The van der Waals surface area contributed by atoms with Gasteiger partial charge in [-0.2, -0.15) is 0 Å². The Morgan fingerprint density at radius 1 is 0.524 bits per heavy atom. The predicted octanol–water partition coefficient (Wildman–Crippen LogP) is 9.52. The van der Waals surface area contributed by atoms with Crippen LogP contribution in [0.1, 0.15) is 60.3 Å². The Labute approximate surface area is 406 Å². The Kier molecular flexibility index (Phi) is 21.5. The minimum Gasteiger partial charge on any atom is -0.755 e. The number of furan rings is 3. The summed E-state index contributed by atoms with van der Waals surface area (Å²) in [7, 11) is 0. The van der Waals surface area contributed by atoms with E-state index >= 15 is 0 Å². The van der Waals surface area contributed by atoms with Crippen molar-refractivity contribution in [2.45, 2.75) is 38.5 Å². The molecule has 0 amide bonds. The highest BCUT2D eigenvalue weighted by Crippen LogP contribution is 2.31. The third-order valence-electron chi connectivity index (χ3n) is 8.51. The van der Waals surface area contributed by atoms with E-state index in [4.69, 9.17) is 60.3 Å². The lowest BCUT2D eigenvalue weighted by atomic mass is 10.0. The van der Waals surface area contributed by atoms with Crippen LogP contribution in [0.15, 0.2) is 105 Å². The topological polar surface area (TPSA) is 230 Å². The summed E-state index contributed by atoms with van der Waals surface area (Å²) in [6.45, 7) is 0. The molecular weight excluding hydrogens is 1020 g/mol. The normalized spacial score (nSPS) is 12.1. The maximum Gasteiger partial charge on any atom is 0.216 e. The molecule has 3 N–H and O–H groups in total. The predicted molar refractivity (Wildman–Crippen MR) is 258 cm³/mol. The summed E-state index contributed by atoms with van der Waals surface area (Å²) in [4.78, 5) is 23.2. The van der Waals surface area contributed by atoms with Gasteiger partial charge in [0.15, 0.2) is 0 Å². The largest absolute Gasteiger partial charge is 0.755 e. The zero-order chi connectivity index (χ0) is 46.2. The fraction of sp³-hybridized carbons (Fsp3) is 0.154. The van der Waals surface area contributed by atoms with Crippen LogP contribution < -0.4 is 14.2 Å². The van der Waals surface area contributed by atoms with E-state index in [9.17, 15) is 35.9 Å². The van der Waals surface area contributed by atoms with Gasteiger partial charge in [0.05, 0.1) is 55.1 Å². The summed E-state index contributed by atoms with van der Waals surface area (Å²) in [5, 5.41) is -0.178. The monoisotopic (exact) mass is 1050 g/mol. The van der Waals surface area contributed by atoms with Crippen molar-refractivity contribution in [3.05, 3.63) is 157 Å². The minimum absolute atomic E-state index is 0.143. The number of carbonyl (C=O) groups is 2. The molecule has 3 unspecified atom stereocenters. The first-order valence-corrected chi connectivity index (χ1v) is 23.8. The number of halogens is 3. The minimum atomic E-state index is -2.52. The lowest BCUT2D eigenvalue weighted by molar-refractivity contribution is 0.108. The highest BCUT2D eigenvalue weighted by Gasteiger charge is 2.16. The van der Waals surface area contributed by atoms with Crippen molar-refractivity contribution < 1.29 is 49.1 Å². The molecule has 14 nitrogen and oxygen atoms in total. The molecule has 3 heterocycles. The van der Waals surface area contributed by atoms with Crippen LogP contribution >= 0.6 is 84.9 Å². The van der Waals surface area contributed by atoms with Crippen LogP contribution in [0.2, 0.25) is 15.1 Å². The van der Waals surface area contributed by atoms with Gasteiger partial charge in [-0.15, -0.1) is 37.9 Å². The molecular formula is C39H33Cl3N3O11S7-3. The van der Waals surface area contributed by atoms with Crippen molar-refractivity contribution in [2.24, 2.45) is 0 Å². The fourth-order valence-electron chi connectivity index (χ4n) is 5.70. The molecule has 0 aliphatic heterocycles. The molecule has 0 aliphatic carbocycles. The van der Waals surface area contributed by atoms with E-state index in [1.165, 1.54) is 12.1 Å². The summed E-state index contributed by atoms with van der Waals surface area (Å²) in [6, 6.07) is 20.1. The van der Waals surface area contributed by atoms with Gasteiger partial charge >= 0.3 is 0 Å². The molecule has 63 heavy (non-hydrogen) atoms. The van der Waals surface area contributed by atoms with Crippen molar-refractivity contribution in [3.63, 3.8) is 0 Å². The average Bonchev–Trinajstić information content (AvgIpc) is 4.03. The molecule has 3 aromatic carbocycles. The molecule has 0 fully saturated rings. The van der Waals surface area contributed by atoms with Crippen LogP contribution in [0.5, 0.6) is 0 Å².